The zero-order chi connectivity index (χ0) is 27.3. The number of ether oxygens (including phenoxy) is 1. The van der Waals surface area contributed by atoms with Gasteiger partial charge in [0.2, 0.25) is 0 Å². The minimum atomic E-state index is -1.44. The fraction of sp³-hybridized carbons (Fsp3) is 0.969. The minimum Gasteiger partial charge on any atom is -0.459 e. The molecule has 0 bridgehead atoms. The normalized spacial score (nSPS) is 54.6. The third kappa shape index (κ3) is 3.83. The predicted octanol–water partition coefficient (Wildman–Crippen LogP) is 5.59. The van der Waals surface area contributed by atoms with Gasteiger partial charge in [-0.2, -0.15) is 0 Å². The second-order valence-corrected chi connectivity index (χ2v) is 15.5. The van der Waals surface area contributed by atoms with Crippen LogP contribution in [-0.2, 0) is 9.53 Å². The maximum absolute atomic E-state index is 12.3. The lowest BCUT2D eigenvalue weighted by atomic mass is 9.41. The molecule has 0 aromatic rings. The Morgan fingerprint density at radius 1 is 0.892 bits per heavy atom. The van der Waals surface area contributed by atoms with Crippen molar-refractivity contribution in [3.05, 3.63) is 0 Å². The Balaban J connectivity index is 1.46. The van der Waals surface area contributed by atoms with Crippen molar-refractivity contribution in [1.29, 1.82) is 0 Å². The van der Waals surface area contributed by atoms with E-state index >= 15 is 0 Å². The minimum absolute atomic E-state index is 0.0514. The van der Waals surface area contributed by atoms with Crippen LogP contribution in [0.15, 0.2) is 0 Å². The molecular formula is C32H54O5. The highest BCUT2D eigenvalue weighted by atomic mass is 16.6. The molecular weight excluding hydrogens is 464 g/mol. The van der Waals surface area contributed by atoms with E-state index in [0.29, 0.717) is 41.9 Å². The van der Waals surface area contributed by atoms with Crippen LogP contribution in [0, 0.1) is 63.6 Å². The van der Waals surface area contributed by atoms with Crippen molar-refractivity contribution < 1.29 is 24.9 Å². The van der Waals surface area contributed by atoms with Crippen LogP contribution in [0.3, 0.4) is 0 Å². The van der Waals surface area contributed by atoms with Crippen molar-refractivity contribution >= 4 is 5.97 Å². The second kappa shape index (κ2) is 8.93. The first-order valence-corrected chi connectivity index (χ1v) is 15.4. The van der Waals surface area contributed by atoms with Gasteiger partial charge in [-0.1, -0.05) is 48.5 Å². The molecule has 5 aliphatic carbocycles. The van der Waals surface area contributed by atoms with Crippen LogP contribution in [0.4, 0.5) is 0 Å². The van der Waals surface area contributed by atoms with E-state index in [9.17, 15) is 20.1 Å². The molecule has 5 aliphatic rings. The molecule has 0 radical (unpaired) electrons. The Hall–Kier alpha value is -0.650. The predicted molar refractivity (Wildman–Crippen MR) is 144 cm³/mol. The first-order valence-electron chi connectivity index (χ1n) is 15.4. The molecule has 37 heavy (non-hydrogen) atoms. The summed E-state index contributed by atoms with van der Waals surface area (Å²) in [5, 5.41) is 34.2. The van der Waals surface area contributed by atoms with E-state index in [0.717, 1.165) is 31.1 Å². The lowest BCUT2D eigenvalue weighted by molar-refractivity contribution is -0.300. The molecule has 5 saturated carbocycles. The molecule has 14 atom stereocenters. The zero-order valence-corrected chi connectivity index (χ0v) is 24.7. The third-order valence-electron chi connectivity index (χ3n) is 13.9. The lowest BCUT2D eigenvalue weighted by Gasteiger charge is -2.67. The smallest absolute Gasteiger partial charge is 0.303 e. The van der Waals surface area contributed by atoms with Gasteiger partial charge in [0.05, 0.1) is 6.10 Å². The van der Waals surface area contributed by atoms with Crippen molar-refractivity contribution in [3.63, 3.8) is 0 Å². The van der Waals surface area contributed by atoms with E-state index in [4.69, 9.17) is 4.74 Å². The summed E-state index contributed by atoms with van der Waals surface area (Å²) < 4.78 is 5.94. The van der Waals surface area contributed by atoms with E-state index in [1.54, 1.807) is 0 Å². The molecule has 0 heterocycles. The van der Waals surface area contributed by atoms with Gasteiger partial charge in [0.25, 0.3) is 0 Å². The summed E-state index contributed by atoms with van der Waals surface area (Å²) in [4.78, 5) is 12.3. The molecule has 212 valence electrons. The standard InChI is InChI=1S/C32H54O5/c1-17(2)19(4)30(7)16-25(30)18(3)22-9-10-23-26-24(12-13-29(22,23)6)31(8)14-11-21(34)15-32(31,36)28(35)27(26)37-20(5)33/h17-19,21-28,34-36H,9-16H2,1-8H3/t18-,19+,21-,22+,23?,24?,25+,26-,27+,28+,29+,30+,31+,32-/m0/s1. The Bertz CT molecular complexity index is 904. The number of fused-ring (bicyclic) bond motifs is 5. The lowest BCUT2D eigenvalue weighted by Crippen LogP contribution is -2.73. The first-order chi connectivity index (χ1) is 17.1. The van der Waals surface area contributed by atoms with E-state index < -0.39 is 35.3 Å². The molecule has 2 unspecified atom stereocenters. The van der Waals surface area contributed by atoms with Crippen molar-refractivity contribution in [2.24, 2.45) is 63.6 Å². The van der Waals surface area contributed by atoms with Crippen LogP contribution in [0.5, 0.6) is 0 Å². The topological polar surface area (TPSA) is 87.0 Å². The quantitative estimate of drug-likeness (QED) is 0.413. The van der Waals surface area contributed by atoms with Crippen molar-refractivity contribution in [2.45, 2.75) is 131 Å². The van der Waals surface area contributed by atoms with Crippen LogP contribution in [0.1, 0.15) is 107 Å². The van der Waals surface area contributed by atoms with Crippen LogP contribution in [0.2, 0.25) is 0 Å². The molecule has 0 aromatic carbocycles. The summed E-state index contributed by atoms with van der Waals surface area (Å²) in [5.74, 6) is 3.71. The highest BCUT2D eigenvalue weighted by molar-refractivity contribution is 5.66. The van der Waals surface area contributed by atoms with Gasteiger partial charge in [0, 0.05) is 24.7 Å². The summed E-state index contributed by atoms with van der Waals surface area (Å²) in [6, 6.07) is 0. The average Bonchev–Trinajstić information content (AvgIpc) is 3.39. The van der Waals surface area contributed by atoms with Gasteiger partial charge in [-0.25, -0.2) is 0 Å². The Morgan fingerprint density at radius 3 is 2.19 bits per heavy atom. The summed E-state index contributed by atoms with van der Waals surface area (Å²) >= 11 is 0. The van der Waals surface area contributed by atoms with Gasteiger partial charge in [-0.3, -0.25) is 4.79 Å². The van der Waals surface area contributed by atoms with Crippen LogP contribution in [-0.4, -0.2) is 45.2 Å². The second-order valence-electron chi connectivity index (χ2n) is 15.5. The van der Waals surface area contributed by atoms with E-state index in [-0.39, 0.29) is 23.7 Å². The Labute approximate surface area is 225 Å². The van der Waals surface area contributed by atoms with E-state index in [1.165, 1.54) is 19.8 Å². The number of rotatable bonds is 5. The number of hydrogen-bond donors (Lipinski definition) is 3. The molecule has 0 saturated heterocycles. The monoisotopic (exact) mass is 518 g/mol. The summed E-state index contributed by atoms with van der Waals surface area (Å²) in [5.41, 5.74) is -1.33. The van der Waals surface area contributed by atoms with Crippen LogP contribution < -0.4 is 0 Å². The molecule has 0 spiro atoms. The molecule has 0 amide bonds. The van der Waals surface area contributed by atoms with Crippen LogP contribution >= 0.6 is 0 Å². The van der Waals surface area contributed by atoms with Crippen molar-refractivity contribution in [3.8, 4) is 0 Å². The van der Waals surface area contributed by atoms with Gasteiger partial charge >= 0.3 is 5.97 Å². The van der Waals surface area contributed by atoms with Gasteiger partial charge in [-0.15, -0.1) is 0 Å². The molecule has 5 rings (SSSR count). The van der Waals surface area contributed by atoms with Crippen LogP contribution in [0.25, 0.3) is 0 Å². The fourth-order valence-corrected chi connectivity index (χ4v) is 11.2. The van der Waals surface area contributed by atoms with Gasteiger partial charge in [0.1, 0.15) is 17.8 Å². The molecule has 0 aliphatic heterocycles. The Morgan fingerprint density at radius 2 is 1.57 bits per heavy atom. The molecule has 5 fully saturated rings. The maximum Gasteiger partial charge on any atom is 0.303 e. The Kier molecular flexibility index (Phi) is 6.73. The fourth-order valence-electron chi connectivity index (χ4n) is 11.2. The maximum atomic E-state index is 12.3. The number of aliphatic hydroxyl groups is 3. The zero-order valence-electron chi connectivity index (χ0n) is 24.7. The average molecular weight is 519 g/mol. The van der Waals surface area contributed by atoms with E-state index in [1.807, 2.05) is 0 Å². The largest absolute Gasteiger partial charge is 0.459 e. The summed E-state index contributed by atoms with van der Waals surface area (Å²) in [6.07, 6.45) is 4.77. The van der Waals surface area contributed by atoms with Gasteiger partial charge in [0.15, 0.2) is 0 Å². The number of carbonyl (C=O) groups is 1. The highest BCUT2D eigenvalue weighted by Gasteiger charge is 2.72. The first kappa shape index (κ1) is 27.9. The summed E-state index contributed by atoms with van der Waals surface area (Å²) in [7, 11) is 0. The van der Waals surface area contributed by atoms with Crippen molar-refractivity contribution in [1.82, 2.24) is 0 Å². The number of aliphatic hydroxyl groups excluding tert-OH is 2. The van der Waals surface area contributed by atoms with Gasteiger partial charge < -0.3 is 20.1 Å². The SMILES string of the molecule is CC(=O)O[C@@H]1[C@H]2C3CC[C@H]([C@H](C)[C@H]4C[C@]4(C)[C@H](C)C(C)C)[C@@]3(C)CCC2[C@@]2(C)CC[C@H](O)C[C@]2(O)[C@@H]1O. The third-order valence-corrected chi connectivity index (χ3v) is 13.9. The van der Waals surface area contributed by atoms with Gasteiger partial charge in [-0.05, 0) is 97.2 Å². The molecule has 5 heteroatoms. The number of hydrogen-bond acceptors (Lipinski definition) is 5. The van der Waals surface area contributed by atoms with E-state index in [2.05, 4.69) is 48.5 Å². The molecule has 5 nitrogen and oxygen atoms in total. The number of esters is 1. The molecule has 0 aromatic heterocycles. The molecule has 3 N–H and O–H groups in total. The number of carbonyl (C=O) groups excluding carboxylic acids is 1. The van der Waals surface area contributed by atoms with Crippen molar-refractivity contribution in [2.75, 3.05) is 0 Å². The highest BCUT2D eigenvalue weighted by Crippen LogP contribution is 2.72. The summed E-state index contributed by atoms with van der Waals surface area (Å²) in [6.45, 7) is 18.2.